The molecule has 3 nitrogen and oxygen atoms in total. The zero-order valence-electron chi connectivity index (χ0n) is 38.7. The molecule has 3 heterocycles. The predicted octanol–water partition coefficient (Wildman–Crippen LogP) is 15.0. The molecule has 63 heavy (non-hydrogen) atoms. The summed E-state index contributed by atoms with van der Waals surface area (Å²) in [4.78, 5) is 5.15. The molecule has 0 N–H and O–H groups in total. The van der Waals surface area contributed by atoms with Gasteiger partial charge in [0.25, 0.3) is 0 Å². The van der Waals surface area contributed by atoms with E-state index in [2.05, 4.69) is 231 Å². The minimum absolute atomic E-state index is 0.0242. The highest BCUT2D eigenvalue weighted by atomic mass is 16.4. The van der Waals surface area contributed by atoms with Gasteiger partial charge in [-0.3, -0.25) is 4.90 Å². The fraction of sp³-hybridized carbons (Fsp3) is 0.254. The van der Waals surface area contributed by atoms with E-state index in [4.69, 9.17) is 4.42 Å². The van der Waals surface area contributed by atoms with E-state index in [1.54, 1.807) is 0 Å². The lowest BCUT2D eigenvalue weighted by Crippen LogP contribution is -2.61. The van der Waals surface area contributed by atoms with Crippen molar-refractivity contribution in [3.63, 3.8) is 0 Å². The summed E-state index contributed by atoms with van der Waals surface area (Å²) in [6, 6.07) is 55.1. The summed E-state index contributed by atoms with van der Waals surface area (Å²) in [5.74, 6) is 0.875. The van der Waals surface area contributed by atoms with Crippen LogP contribution < -0.4 is 20.6 Å². The topological polar surface area (TPSA) is 19.6 Å². The molecule has 0 unspecified atom stereocenters. The van der Waals surface area contributed by atoms with Gasteiger partial charge in [-0.25, -0.2) is 0 Å². The molecule has 0 saturated carbocycles. The van der Waals surface area contributed by atoms with Crippen LogP contribution in [0.25, 0.3) is 44.3 Å². The first kappa shape index (κ1) is 39.6. The Hall–Kier alpha value is -6.26. The van der Waals surface area contributed by atoms with Gasteiger partial charge in [0, 0.05) is 44.5 Å². The minimum Gasteiger partial charge on any atom is -0.440 e. The van der Waals surface area contributed by atoms with Crippen molar-refractivity contribution in [3.8, 4) is 33.4 Å². The Morgan fingerprint density at radius 3 is 1.83 bits per heavy atom. The van der Waals surface area contributed by atoms with Gasteiger partial charge in [0.05, 0.1) is 5.69 Å². The van der Waals surface area contributed by atoms with Crippen molar-refractivity contribution in [1.29, 1.82) is 0 Å². The van der Waals surface area contributed by atoms with Gasteiger partial charge in [-0.05, 0) is 114 Å². The Bertz CT molecular complexity index is 3150. The number of rotatable bonds is 3. The Balaban J connectivity index is 1.31. The van der Waals surface area contributed by atoms with Gasteiger partial charge in [0.15, 0.2) is 0 Å². The quantitative estimate of drug-likeness (QED) is 0.166. The molecular formula is C59H57BN2O. The lowest BCUT2D eigenvalue weighted by Gasteiger charge is -2.46. The van der Waals surface area contributed by atoms with Crippen LogP contribution in [-0.4, -0.2) is 6.85 Å². The number of para-hydroxylation sites is 1. The van der Waals surface area contributed by atoms with Crippen LogP contribution in [0.4, 0.5) is 28.6 Å². The molecule has 8 aromatic rings. The van der Waals surface area contributed by atoms with E-state index in [0.29, 0.717) is 0 Å². The molecule has 0 saturated heterocycles. The smallest absolute Gasteiger partial charge is 0.337 e. The van der Waals surface area contributed by atoms with Crippen molar-refractivity contribution in [2.75, 3.05) is 9.71 Å². The number of anilines is 5. The monoisotopic (exact) mass is 820 g/mol. The molecule has 0 spiro atoms. The van der Waals surface area contributed by atoms with E-state index >= 15 is 0 Å². The van der Waals surface area contributed by atoms with Crippen LogP contribution in [0.1, 0.15) is 104 Å². The predicted molar refractivity (Wildman–Crippen MR) is 269 cm³/mol. The highest BCUT2D eigenvalue weighted by molar-refractivity contribution is 6.95. The molecule has 312 valence electrons. The van der Waals surface area contributed by atoms with E-state index in [9.17, 15) is 0 Å². The van der Waals surface area contributed by atoms with Gasteiger partial charge in [0.2, 0.25) is 5.88 Å². The molecule has 3 aliphatic rings. The summed E-state index contributed by atoms with van der Waals surface area (Å²) >= 11 is 0. The van der Waals surface area contributed by atoms with Gasteiger partial charge in [-0.15, -0.1) is 0 Å². The fourth-order valence-electron chi connectivity index (χ4n) is 10.9. The minimum atomic E-state index is -0.235. The number of benzene rings is 7. The van der Waals surface area contributed by atoms with Gasteiger partial charge in [0.1, 0.15) is 5.58 Å². The molecule has 2 aliphatic heterocycles. The van der Waals surface area contributed by atoms with Crippen molar-refractivity contribution in [2.24, 2.45) is 0 Å². The first-order valence-electron chi connectivity index (χ1n) is 22.8. The van der Waals surface area contributed by atoms with Gasteiger partial charge in [-0.2, -0.15) is 0 Å². The van der Waals surface area contributed by atoms with E-state index in [-0.39, 0.29) is 28.5 Å². The Kier molecular flexibility index (Phi) is 8.41. The standard InChI is InChI=1S/C59H57BN2O/c1-56(2,3)37-25-28-40(29-26-37)62-48-32-30-42-41-21-15-17-23-46(41)59(10,11)52(42)51(48)45-34-39(58(7,8)9)35-49-53(45)60(62)54-43-22-16-18-24-50(43)63-55(54)61(49)47-31-27-38(57(4,5)6)33-44(47)36-19-13-12-14-20-36/h12-35H,1-11H3. The molecule has 1 aromatic heterocycles. The first-order valence-corrected chi connectivity index (χ1v) is 22.8. The third kappa shape index (κ3) is 5.86. The molecule has 1 aliphatic carbocycles. The van der Waals surface area contributed by atoms with Crippen molar-refractivity contribution < 1.29 is 4.42 Å². The number of hydrogen-bond donors (Lipinski definition) is 0. The average Bonchev–Trinajstić information content (AvgIpc) is 3.75. The number of nitrogens with zero attached hydrogens (tertiary/aromatic N) is 2. The van der Waals surface area contributed by atoms with E-state index in [1.807, 2.05) is 0 Å². The van der Waals surface area contributed by atoms with E-state index in [0.717, 1.165) is 22.5 Å². The Labute approximate surface area is 374 Å². The van der Waals surface area contributed by atoms with E-state index in [1.165, 1.54) is 89.2 Å². The molecule has 11 rings (SSSR count). The SMILES string of the molecule is CC(C)(C)c1ccc(N2B3c4c(cc(C(C)(C)C)cc4N(c4ccc(C(C)(C)C)cc4-c4ccccc4)c4oc5ccccc5c43)-c3c2ccc2c3C(C)(C)c3ccccc3-2)cc1. The maximum atomic E-state index is 7.31. The maximum absolute atomic E-state index is 7.31. The van der Waals surface area contributed by atoms with Crippen LogP contribution >= 0.6 is 0 Å². The summed E-state index contributed by atoms with van der Waals surface area (Å²) in [5.41, 5.74) is 22.1. The fourth-order valence-corrected chi connectivity index (χ4v) is 10.9. The molecule has 0 atom stereocenters. The third-order valence-corrected chi connectivity index (χ3v) is 14.3. The highest BCUT2D eigenvalue weighted by Crippen LogP contribution is 2.58. The lowest BCUT2D eigenvalue weighted by atomic mass is 9.43. The normalized spacial score (nSPS) is 14.9. The Morgan fingerprint density at radius 1 is 0.492 bits per heavy atom. The zero-order valence-corrected chi connectivity index (χ0v) is 38.7. The molecule has 0 fully saturated rings. The van der Waals surface area contributed by atoms with Crippen LogP contribution in [0.15, 0.2) is 150 Å². The van der Waals surface area contributed by atoms with Gasteiger partial charge >= 0.3 is 6.85 Å². The molecule has 7 aromatic carbocycles. The molecule has 0 radical (unpaired) electrons. The first-order chi connectivity index (χ1) is 29.9. The van der Waals surface area contributed by atoms with Gasteiger partial charge < -0.3 is 9.23 Å². The van der Waals surface area contributed by atoms with Crippen LogP contribution in [0.5, 0.6) is 0 Å². The number of fused-ring (bicyclic) bond motifs is 10. The lowest BCUT2D eigenvalue weighted by molar-refractivity contribution is 0.589. The zero-order chi connectivity index (χ0) is 44.0. The molecule has 0 bridgehead atoms. The second-order valence-corrected chi connectivity index (χ2v) is 21.8. The third-order valence-electron chi connectivity index (χ3n) is 14.3. The highest BCUT2D eigenvalue weighted by Gasteiger charge is 2.51. The largest absolute Gasteiger partial charge is 0.440 e. The average molecular weight is 821 g/mol. The summed E-state index contributed by atoms with van der Waals surface area (Å²) in [7, 11) is 0. The van der Waals surface area contributed by atoms with Crippen LogP contribution in [0, 0.1) is 0 Å². The van der Waals surface area contributed by atoms with Crippen molar-refractivity contribution >= 4 is 57.4 Å². The molecule has 4 heteroatoms. The maximum Gasteiger partial charge on any atom is 0.337 e. The molecular weight excluding hydrogens is 763 g/mol. The molecule has 0 amide bonds. The number of hydrogen-bond acceptors (Lipinski definition) is 3. The van der Waals surface area contributed by atoms with Crippen LogP contribution in [0.3, 0.4) is 0 Å². The second kappa shape index (κ2) is 13.4. The van der Waals surface area contributed by atoms with Gasteiger partial charge in [-0.1, -0.05) is 179 Å². The van der Waals surface area contributed by atoms with Crippen molar-refractivity contribution in [1.82, 2.24) is 0 Å². The second-order valence-electron chi connectivity index (χ2n) is 21.8. The summed E-state index contributed by atoms with van der Waals surface area (Å²) in [5, 5.41) is 1.14. The summed E-state index contributed by atoms with van der Waals surface area (Å²) < 4.78 is 7.31. The van der Waals surface area contributed by atoms with E-state index < -0.39 is 0 Å². The van der Waals surface area contributed by atoms with Crippen molar-refractivity contribution in [2.45, 2.75) is 97.8 Å². The number of furan rings is 1. The summed E-state index contributed by atoms with van der Waals surface area (Å²) in [6.45, 7) is 25.6. The Morgan fingerprint density at radius 2 is 1.11 bits per heavy atom. The van der Waals surface area contributed by atoms with Crippen LogP contribution in [0.2, 0.25) is 0 Å². The summed E-state index contributed by atoms with van der Waals surface area (Å²) in [6.07, 6.45) is 0. The van der Waals surface area contributed by atoms with Crippen LogP contribution in [-0.2, 0) is 21.7 Å². The van der Waals surface area contributed by atoms with Crippen molar-refractivity contribution in [3.05, 3.63) is 173 Å².